The zero-order valence-electron chi connectivity index (χ0n) is 41.7. The molecule has 0 heterocycles. The number of benzene rings is 5. The van der Waals surface area contributed by atoms with Crippen LogP contribution in [0.3, 0.4) is 0 Å². The normalized spacial score (nSPS) is 12.5. The maximum atomic E-state index is 2.46. The molecular weight excluding hydrogens is 757 g/mol. The molecule has 1 aliphatic rings. The van der Waals surface area contributed by atoms with Gasteiger partial charge in [0.15, 0.2) is 0 Å². The standard InChI is InChI=1S/C43H54.C20H34/c1-5-7-9-11-13-15-17-35-21-25-37(26-22-35)43(38-27-23-36(24-28-38)18-16-14-12-10-8-6-2)41-31-33(3)19-29-39(41)40-30-20-34(4)32-42(40)43;1-5-7-9-11-13-19-15-18(4)20(16-17(19)3)14-12-10-8-6-2/h19-32H,5-18H2,1-4H3;15-16H,5-14H2,1-4H3. The molecule has 0 unspecified atom stereocenters. The van der Waals surface area contributed by atoms with Gasteiger partial charge >= 0.3 is 0 Å². The van der Waals surface area contributed by atoms with Crippen LogP contribution in [0.2, 0.25) is 0 Å². The molecule has 0 amide bonds. The van der Waals surface area contributed by atoms with Crippen molar-refractivity contribution in [3.63, 3.8) is 0 Å². The maximum Gasteiger partial charge on any atom is 0.0713 e. The molecule has 0 N–H and O–H groups in total. The molecule has 0 radical (unpaired) electrons. The van der Waals surface area contributed by atoms with Crippen LogP contribution in [0, 0.1) is 27.7 Å². The van der Waals surface area contributed by atoms with Gasteiger partial charge in [-0.3, -0.25) is 0 Å². The van der Waals surface area contributed by atoms with Crippen LogP contribution in [0.15, 0.2) is 97.1 Å². The van der Waals surface area contributed by atoms with Gasteiger partial charge in [0.1, 0.15) is 0 Å². The molecule has 340 valence electrons. The SMILES string of the molecule is CCCCCCCCc1ccc(C2(c3ccc(CCCCCCCC)cc3)c3cc(C)ccc3-c3ccc(C)cc32)cc1.CCCCCCc1cc(C)c(CCCCCC)cc1C. The van der Waals surface area contributed by atoms with Crippen LogP contribution in [0.5, 0.6) is 0 Å². The smallest absolute Gasteiger partial charge is 0.0654 e. The summed E-state index contributed by atoms with van der Waals surface area (Å²) in [6.07, 6.45) is 31.9. The van der Waals surface area contributed by atoms with Crippen LogP contribution in [0.1, 0.15) is 223 Å². The lowest BCUT2D eigenvalue weighted by molar-refractivity contribution is 0.607. The topological polar surface area (TPSA) is 0 Å². The van der Waals surface area contributed by atoms with Crippen molar-refractivity contribution in [2.45, 2.75) is 215 Å². The van der Waals surface area contributed by atoms with Crippen molar-refractivity contribution < 1.29 is 0 Å². The average Bonchev–Trinajstić information content (AvgIpc) is 3.57. The van der Waals surface area contributed by atoms with Crippen molar-refractivity contribution in [1.29, 1.82) is 0 Å². The Labute approximate surface area is 388 Å². The van der Waals surface area contributed by atoms with E-state index in [2.05, 4.69) is 152 Å². The fraction of sp³-hybridized carbons (Fsp3) is 0.524. The molecule has 63 heavy (non-hydrogen) atoms. The first-order valence-corrected chi connectivity index (χ1v) is 26.3. The Balaban J connectivity index is 0.000000314. The summed E-state index contributed by atoms with van der Waals surface area (Å²) in [5.74, 6) is 0. The Morgan fingerprint density at radius 2 is 0.635 bits per heavy atom. The molecule has 0 spiro atoms. The lowest BCUT2D eigenvalue weighted by Gasteiger charge is -2.34. The fourth-order valence-corrected chi connectivity index (χ4v) is 10.4. The van der Waals surface area contributed by atoms with Gasteiger partial charge in [-0.1, -0.05) is 239 Å². The lowest BCUT2D eigenvalue weighted by atomic mass is 9.67. The Bertz CT molecular complexity index is 1910. The highest BCUT2D eigenvalue weighted by Gasteiger charge is 2.46. The average molecular weight is 845 g/mol. The summed E-state index contributed by atoms with van der Waals surface area (Å²) >= 11 is 0. The number of aryl methyl sites for hydroxylation is 8. The lowest BCUT2D eigenvalue weighted by Crippen LogP contribution is -2.29. The van der Waals surface area contributed by atoms with Crippen molar-refractivity contribution in [3.8, 4) is 11.1 Å². The molecule has 0 heteroatoms. The monoisotopic (exact) mass is 845 g/mol. The number of unbranched alkanes of at least 4 members (excludes halogenated alkanes) is 16. The van der Waals surface area contributed by atoms with E-state index in [-0.39, 0.29) is 5.41 Å². The van der Waals surface area contributed by atoms with Gasteiger partial charge in [0.2, 0.25) is 0 Å². The third-order valence-electron chi connectivity index (χ3n) is 14.3. The Morgan fingerprint density at radius 3 is 1.00 bits per heavy atom. The second kappa shape index (κ2) is 26.8. The zero-order valence-corrected chi connectivity index (χ0v) is 41.7. The predicted molar refractivity (Wildman–Crippen MR) is 279 cm³/mol. The molecule has 0 saturated heterocycles. The molecule has 0 aliphatic heterocycles. The number of fused-ring (bicyclic) bond motifs is 3. The molecular formula is C63H88. The van der Waals surface area contributed by atoms with Gasteiger partial charge in [-0.25, -0.2) is 0 Å². The first kappa shape index (κ1) is 50.1. The summed E-state index contributed by atoms with van der Waals surface area (Å²) in [6.45, 7) is 18.2. The van der Waals surface area contributed by atoms with Crippen LogP contribution in [0.4, 0.5) is 0 Å². The summed E-state index contributed by atoms with van der Waals surface area (Å²) in [6, 6.07) is 38.6. The van der Waals surface area contributed by atoms with Crippen LogP contribution in [-0.4, -0.2) is 0 Å². The third kappa shape index (κ3) is 14.0. The summed E-state index contributed by atoms with van der Waals surface area (Å²) < 4.78 is 0. The van der Waals surface area contributed by atoms with E-state index in [0.717, 1.165) is 0 Å². The fourth-order valence-electron chi connectivity index (χ4n) is 10.4. The molecule has 0 saturated carbocycles. The van der Waals surface area contributed by atoms with E-state index >= 15 is 0 Å². The third-order valence-corrected chi connectivity index (χ3v) is 14.3. The van der Waals surface area contributed by atoms with Gasteiger partial charge in [-0.15, -0.1) is 0 Å². The van der Waals surface area contributed by atoms with Crippen LogP contribution < -0.4 is 0 Å². The molecule has 0 aromatic heterocycles. The van der Waals surface area contributed by atoms with Gasteiger partial charge in [-0.05, 0) is 146 Å². The van der Waals surface area contributed by atoms with Gasteiger partial charge < -0.3 is 0 Å². The summed E-state index contributed by atoms with van der Waals surface area (Å²) in [4.78, 5) is 0. The quantitative estimate of drug-likeness (QED) is 0.0477. The summed E-state index contributed by atoms with van der Waals surface area (Å²) in [5.41, 5.74) is 19.9. The van der Waals surface area contributed by atoms with Crippen molar-refractivity contribution in [3.05, 3.63) is 164 Å². The minimum absolute atomic E-state index is 0.305. The molecule has 0 nitrogen and oxygen atoms in total. The molecule has 1 aliphatic carbocycles. The second-order valence-corrected chi connectivity index (χ2v) is 19.6. The van der Waals surface area contributed by atoms with E-state index in [0.29, 0.717) is 0 Å². The molecule has 0 bridgehead atoms. The van der Waals surface area contributed by atoms with E-state index in [1.165, 1.54) is 221 Å². The van der Waals surface area contributed by atoms with E-state index in [1.807, 2.05) is 0 Å². The van der Waals surface area contributed by atoms with Gasteiger partial charge in [0.25, 0.3) is 0 Å². The van der Waals surface area contributed by atoms with Gasteiger partial charge in [0.05, 0.1) is 5.41 Å². The number of hydrogen-bond acceptors (Lipinski definition) is 0. The van der Waals surface area contributed by atoms with Crippen LogP contribution in [0.25, 0.3) is 11.1 Å². The Morgan fingerprint density at radius 1 is 0.317 bits per heavy atom. The highest BCUT2D eigenvalue weighted by molar-refractivity contribution is 5.86. The first-order valence-electron chi connectivity index (χ1n) is 26.3. The largest absolute Gasteiger partial charge is 0.0713 e. The van der Waals surface area contributed by atoms with E-state index in [4.69, 9.17) is 0 Å². The van der Waals surface area contributed by atoms with Gasteiger partial charge in [0, 0.05) is 0 Å². The minimum Gasteiger partial charge on any atom is -0.0654 e. The van der Waals surface area contributed by atoms with Crippen molar-refractivity contribution >= 4 is 0 Å². The van der Waals surface area contributed by atoms with Gasteiger partial charge in [-0.2, -0.15) is 0 Å². The van der Waals surface area contributed by atoms with Crippen molar-refractivity contribution in [2.75, 3.05) is 0 Å². The number of hydrogen-bond donors (Lipinski definition) is 0. The Kier molecular flexibility index (Phi) is 21.3. The first-order chi connectivity index (χ1) is 30.8. The zero-order chi connectivity index (χ0) is 44.9. The minimum atomic E-state index is -0.305. The predicted octanol–water partition coefficient (Wildman–Crippen LogP) is 19.0. The molecule has 5 aromatic carbocycles. The molecule has 0 atom stereocenters. The Hall–Kier alpha value is -3.90. The molecule has 5 aromatic rings. The maximum absolute atomic E-state index is 2.46. The molecule has 6 rings (SSSR count). The second-order valence-electron chi connectivity index (χ2n) is 19.6. The van der Waals surface area contributed by atoms with E-state index < -0.39 is 0 Å². The summed E-state index contributed by atoms with van der Waals surface area (Å²) in [5, 5.41) is 0. The van der Waals surface area contributed by atoms with E-state index in [9.17, 15) is 0 Å². The van der Waals surface area contributed by atoms with E-state index in [1.54, 1.807) is 11.1 Å². The number of rotatable bonds is 26. The highest BCUT2D eigenvalue weighted by atomic mass is 14.5. The highest BCUT2D eigenvalue weighted by Crippen LogP contribution is 2.56. The summed E-state index contributed by atoms with van der Waals surface area (Å²) in [7, 11) is 0. The van der Waals surface area contributed by atoms with Crippen LogP contribution in [-0.2, 0) is 31.1 Å². The molecule has 0 fully saturated rings. The van der Waals surface area contributed by atoms with Crippen LogP contribution >= 0.6 is 0 Å². The van der Waals surface area contributed by atoms with Crippen molar-refractivity contribution in [1.82, 2.24) is 0 Å². The van der Waals surface area contributed by atoms with Crippen molar-refractivity contribution in [2.24, 2.45) is 0 Å².